The molecular weight excluding hydrogens is 250 g/mol. The van der Waals surface area contributed by atoms with Gasteiger partial charge in [-0.05, 0) is 27.7 Å². The van der Waals surface area contributed by atoms with Gasteiger partial charge in [0.1, 0.15) is 6.10 Å². The second-order valence-electron chi connectivity index (χ2n) is 4.48. The first-order valence-electron chi connectivity index (χ1n) is 6.61. The molecule has 6 nitrogen and oxygen atoms in total. The summed E-state index contributed by atoms with van der Waals surface area (Å²) in [5.74, 6) is -1.10. The summed E-state index contributed by atoms with van der Waals surface area (Å²) in [5, 5.41) is 8.68. The Morgan fingerprint density at radius 2 is 1.84 bits per heavy atom. The molecule has 1 unspecified atom stereocenters. The monoisotopic (exact) mass is 275 g/mol. The van der Waals surface area contributed by atoms with Crippen LogP contribution >= 0.6 is 0 Å². The van der Waals surface area contributed by atoms with Crippen LogP contribution in [0.3, 0.4) is 0 Å². The summed E-state index contributed by atoms with van der Waals surface area (Å²) >= 11 is 0. The van der Waals surface area contributed by atoms with Crippen LogP contribution < -0.4 is 0 Å². The van der Waals surface area contributed by atoms with Crippen LogP contribution in [-0.4, -0.2) is 60.4 Å². The summed E-state index contributed by atoms with van der Waals surface area (Å²) < 4.78 is 10.5. The maximum absolute atomic E-state index is 12.1. The summed E-state index contributed by atoms with van der Waals surface area (Å²) in [7, 11) is 0. The second kappa shape index (κ2) is 9.75. The lowest BCUT2D eigenvalue weighted by atomic mass is 10.2. The molecule has 0 saturated heterocycles. The third-order valence-electron chi connectivity index (χ3n) is 2.62. The molecule has 0 aliphatic rings. The molecule has 1 amide bonds. The molecule has 19 heavy (non-hydrogen) atoms. The van der Waals surface area contributed by atoms with Crippen LogP contribution in [0.5, 0.6) is 0 Å². The number of nitrogens with zero attached hydrogens (tertiary/aromatic N) is 1. The van der Waals surface area contributed by atoms with Crippen LogP contribution in [0.1, 0.15) is 34.1 Å². The Labute approximate surface area is 114 Å². The first kappa shape index (κ1) is 17.9. The molecule has 1 atom stereocenters. The van der Waals surface area contributed by atoms with Gasteiger partial charge in [-0.2, -0.15) is 0 Å². The minimum Gasteiger partial charge on any atom is -0.481 e. The van der Waals surface area contributed by atoms with Crippen molar-refractivity contribution in [3.05, 3.63) is 0 Å². The van der Waals surface area contributed by atoms with Crippen LogP contribution in [0.25, 0.3) is 0 Å². The van der Waals surface area contributed by atoms with Gasteiger partial charge in [-0.15, -0.1) is 0 Å². The van der Waals surface area contributed by atoms with Gasteiger partial charge in [0.05, 0.1) is 19.6 Å². The summed E-state index contributed by atoms with van der Waals surface area (Å²) in [4.78, 5) is 24.2. The maximum atomic E-state index is 12.1. The molecule has 6 heteroatoms. The highest BCUT2D eigenvalue weighted by atomic mass is 16.5. The second-order valence-corrected chi connectivity index (χ2v) is 4.48. The Balaban J connectivity index is 4.24. The Morgan fingerprint density at radius 1 is 1.21 bits per heavy atom. The molecule has 0 rings (SSSR count). The van der Waals surface area contributed by atoms with E-state index in [-0.39, 0.29) is 24.9 Å². The number of hydrogen-bond donors (Lipinski definition) is 1. The molecule has 0 heterocycles. The predicted octanol–water partition coefficient (Wildman–Crippen LogP) is 1.14. The number of rotatable bonds is 10. The lowest BCUT2D eigenvalue weighted by Crippen LogP contribution is -2.44. The molecule has 0 saturated carbocycles. The van der Waals surface area contributed by atoms with Crippen molar-refractivity contribution in [2.45, 2.75) is 46.3 Å². The van der Waals surface area contributed by atoms with E-state index < -0.39 is 12.1 Å². The van der Waals surface area contributed by atoms with Crippen molar-refractivity contribution in [2.24, 2.45) is 0 Å². The first-order chi connectivity index (χ1) is 8.90. The SMILES string of the molecule is CCOCCOC(C)C(=O)N(CCC(=O)O)C(C)C. The number of amides is 1. The summed E-state index contributed by atoms with van der Waals surface area (Å²) in [6.07, 6.45) is -0.646. The Bertz CT molecular complexity index is 280. The van der Waals surface area contributed by atoms with Crippen molar-refractivity contribution in [3.8, 4) is 0 Å². The van der Waals surface area contributed by atoms with E-state index in [4.69, 9.17) is 14.6 Å². The lowest BCUT2D eigenvalue weighted by molar-refractivity contribution is -0.146. The lowest BCUT2D eigenvalue weighted by Gasteiger charge is -2.29. The molecule has 0 bridgehead atoms. The molecule has 0 aromatic heterocycles. The van der Waals surface area contributed by atoms with Crippen molar-refractivity contribution >= 4 is 11.9 Å². The average Bonchev–Trinajstić information content (AvgIpc) is 2.33. The zero-order valence-corrected chi connectivity index (χ0v) is 12.2. The minimum absolute atomic E-state index is 0.0511. The zero-order valence-electron chi connectivity index (χ0n) is 12.2. The smallest absolute Gasteiger partial charge is 0.305 e. The van der Waals surface area contributed by atoms with Gasteiger partial charge in [0.15, 0.2) is 0 Å². The highest BCUT2D eigenvalue weighted by Crippen LogP contribution is 2.06. The number of hydrogen-bond acceptors (Lipinski definition) is 4. The van der Waals surface area contributed by atoms with Crippen molar-refractivity contribution in [1.82, 2.24) is 4.90 Å². The quantitative estimate of drug-likeness (QED) is 0.605. The fourth-order valence-electron chi connectivity index (χ4n) is 1.57. The highest BCUT2D eigenvalue weighted by molar-refractivity contribution is 5.81. The summed E-state index contributed by atoms with van der Waals surface area (Å²) in [6, 6.07) is -0.0511. The van der Waals surface area contributed by atoms with Crippen LogP contribution in [0.15, 0.2) is 0 Å². The molecule has 0 aromatic rings. The molecule has 0 fully saturated rings. The molecule has 0 spiro atoms. The van der Waals surface area contributed by atoms with Crippen molar-refractivity contribution < 1.29 is 24.2 Å². The van der Waals surface area contributed by atoms with Gasteiger partial charge in [-0.1, -0.05) is 0 Å². The molecular formula is C13H25NO5. The van der Waals surface area contributed by atoms with E-state index in [9.17, 15) is 9.59 Å². The molecule has 0 aromatic carbocycles. The normalized spacial score (nSPS) is 12.5. The number of carbonyl (C=O) groups excluding carboxylic acids is 1. The highest BCUT2D eigenvalue weighted by Gasteiger charge is 2.23. The average molecular weight is 275 g/mol. The third kappa shape index (κ3) is 7.79. The first-order valence-corrected chi connectivity index (χ1v) is 6.61. The van der Waals surface area contributed by atoms with Crippen LogP contribution in [0.4, 0.5) is 0 Å². The third-order valence-corrected chi connectivity index (χ3v) is 2.62. The van der Waals surface area contributed by atoms with E-state index in [1.807, 2.05) is 20.8 Å². The Morgan fingerprint density at radius 3 is 2.32 bits per heavy atom. The predicted molar refractivity (Wildman–Crippen MR) is 71.0 cm³/mol. The van der Waals surface area contributed by atoms with E-state index in [1.54, 1.807) is 6.92 Å². The van der Waals surface area contributed by atoms with Crippen LogP contribution in [-0.2, 0) is 19.1 Å². The van der Waals surface area contributed by atoms with Crippen molar-refractivity contribution in [2.75, 3.05) is 26.4 Å². The van der Waals surface area contributed by atoms with E-state index in [2.05, 4.69) is 0 Å². The van der Waals surface area contributed by atoms with Gasteiger partial charge < -0.3 is 19.5 Å². The van der Waals surface area contributed by atoms with Gasteiger partial charge in [0.25, 0.3) is 5.91 Å². The molecule has 0 aliphatic heterocycles. The fourth-order valence-corrected chi connectivity index (χ4v) is 1.57. The molecule has 0 radical (unpaired) electrons. The maximum Gasteiger partial charge on any atom is 0.305 e. The van der Waals surface area contributed by atoms with Gasteiger partial charge in [0, 0.05) is 19.2 Å². The number of ether oxygens (including phenoxy) is 2. The van der Waals surface area contributed by atoms with Crippen LogP contribution in [0, 0.1) is 0 Å². The number of aliphatic carboxylic acids is 1. The van der Waals surface area contributed by atoms with E-state index in [1.165, 1.54) is 4.90 Å². The standard InChI is InChI=1S/C13H25NO5/c1-5-18-8-9-19-11(4)13(17)14(10(2)3)7-6-12(15)16/h10-11H,5-9H2,1-4H3,(H,15,16). The van der Waals surface area contributed by atoms with Gasteiger partial charge in [0.2, 0.25) is 0 Å². The topological polar surface area (TPSA) is 76.1 Å². The molecule has 112 valence electrons. The molecule has 1 N–H and O–H groups in total. The van der Waals surface area contributed by atoms with Crippen molar-refractivity contribution in [3.63, 3.8) is 0 Å². The van der Waals surface area contributed by atoms with Gasteiger partial charge >= 0.3 is 5.97 Å². The summed E-state index contributed by atoms with van der Waals surface area (Å²) in [5.41, 5.74) is 0. The fraction of sp³-hybridized carbons (Fsp3) is 0.846. The zero-order chi connectivity index (χ0) is 14.8. The molecule has 0 aliphatic carbocycles. The van der Waals surface area contributed by atoms with E-state index >= 15 is 0 Å². The van der Waals surface area contributed by atoms with Crippen molar-refractivity contribution in [1.29, 1.82) is 0 Å². The van der Waals surface area contributed by atoms with Gasteiger partial charge in [-0.25, -0.2) is 0 Å². The number of carbonyl (C=O) groups is 2. The van der Waals surface area contributed by atoms with E-state index in [0.717, 1.165) is 0 Å². The largest absolute Gasteiger partial charge is 0.481 e. The van der Waals surface area contributed by atoms with E-state index in [0.29, 0.717) is 19.8 Å². The van der Waals surface area contributed by atoms with Crippen LogP contribution in [0.2, 0.25) is 0 Å². The Hall–Kier alpha value is -1.14. The van der Waals surface area contributed by atoms with Gasteiger partial charge in [-0.3, -0.25) is 9.59 Å². The number of carboxylic acid groups (broad SMARTS) is 1. The Kier molecular flexibility index (Phi) is 9.16. The number of carboxylic acids is 1. The minimum atomic E-state index is -0.914. The summed E-state index contributed by atoms with van der Waals surface area (Å²) in [6.45, 7) is 8.88.